The molecule has 0 aliphatic carbocycles. The molecule has 33 heavy (non-hydrogen) atoms. The number of hydrogen-bond acceptors (Lipinski definition) is 6. The normalized spacial score (nSPS) is 29.5. The van der Waals surface area contributed by atoms with Gasteiger partial charge in [-0.2, -0.15) is 0 Å². The first kappa shape index (κ1) is 22.6. The first-order valence-corrected chi connectivity index (χ1v) is 12.7. The molecule has 0 spiro atoms. The fourth-order valence-electron chi connectivity index (χ4n) is 6.06. The summed E-state index contributed by atoms with van der Waals surface area (Å²) in [4.78, 5) is 24.9. The Bertz CT molecular complexity index is 876. The van der Waals surface area contributed by atoms with Gasteiger partial charge < -0.3 is 15.5 Å². The third kappa shape index (κ3) is 5.15. The summed E-state index contributed by atoms with van der Waals surface area (Å²) in [5, 5.41) is 6.46. The van der Waals surface area contributed by atoms with Crippen molar-refractivity contribution in [3.8, 4) is 0 Å². The van der Waals surface area contributed by atoms with E-state index in [-0.39, 0.29) is 12.1 Å². The number of fused-ring (bicyclic) bond motifs is 4. The summed E-state index contributed by atoms with van der Waals surface area (Å²) in [7, 11) is 0. The highest BCUT2D eigenvalue weighted by Gasteiger charge is 2.40. The van der Waals surface area contributed by atoms with Crippen LogP contribution in [0.2, 0.25) is 0 Å². The molecule has 3 unspecified atom stereocenters. The number of dihydropyridines is 1. The summed E-state index contributed by atoms with van der Waals surface area (Å²) < 4.78 is 0. The van der Waals surface area contributed by atoms with Gasteiger partial charge in [0.05, 0.1) is 6.17 Å². The largest absolute Gasteiger partial charge is 0.362 e. The molecule has 5 aliphatic heterocycles. The second kappa shape index (κ2) is 9.95. The van der Waals surface area contributed by atoms with Gasteiger partial charge in [0.1, 0.15) is 5.70 Å². The number of nitrogens with one attached hydrogen (secondary N) is 2. The highest BCUT2D eigenvalue weighted by molar-refractivity contribution is 6.03. The fourth-order valence-corrected chi connectivity index (χ4v) is 6.06. The number of anilines is 1. The molecule has 2 bridgehead atoms. The minimum Gasteiger partial charge on any atom is -0.362 e. The van der Waals surface area contributed by atoms with Crippen molar-refractivity contribution in [3.05, 3.63) is 48.5 Å². The number of amides is 1. The molecule has 0 saturated carbocycles. The van der Waals surface area contributed by atoms with E-state index in [1.54, 1.807) is 24.5 Å². The number of hydrogen-bond donors (Lipinski definition) is 2. The minimum absolute atomic E-state index is 0.0685. The molecule has 0 radical (unpaired) electrons. The average Bonchev–Trinajstić information content (AvgIpc) is 3.17. The van der Waals surface area contributed by atoms with E-state index in [1.165, 1.54) is 45.3 Å². The number of rotatable bonds is 5. The summed E-state index contributed by atoms with van der Waals surface area (Å²) in [5.74, 6) is 0.606. The molecule has 1 amide bonds. The number of pyridine rings is 1. The first-order valence-electron chi connectivity index (χ1n) is 12.7. The van der Waals surface area contributed by atoms with Gasteiger partial charge in [0, 0.05) is 55.8 Å². The van der Waals surface area contributed by atoms with E-state index in [9.17, 15) is 4.79 Å². The van der Waals surface area contributed by atoms with Crippen LogP contribution in [0.15, 0.2) is 48.5 Å². The highest BCUT2D eigenvalue weighted by atomic mass is 16.2. The Morgan fingerprint density at radius 1 is 1.06 bits per heavy atom. The van der Waals surface area contributed by atoms with Gasteiger partial charge in [0.2, 0.25) is 0 Å². The van der Waals surface area contributed by atoms with Crippen molar-refractivity contribution in [2.45, 2.75) is 63.8 Å². The lowest BCUT2D eigenvalue weighted by molar-refractivity contribution is -0.113. The third-order valence-electron chi connectivity index (χ3n) is 7.92. The van der Waals surface area contributed by atoms with E-state index in [1.807, 2.05) is 12.2 Å². The minimum atomic E-state index is -0.105. The van der Waals surface area contributed by atoms with Gasteiger partial charge in [-0.3, -0.25) is 19.6 Å². The van der Waals surface area contributed by atoms with E-state index < -0.39 is 0 Å². The number of allylic oxidation sites excluding steroid dienone is 2. The lowest BCUT2D eigenvalue weighted by Gasteiger charge is -2.45. The van der Waals surface area contributed by atoms with Gasteiger partial charge in [-0.15, -0.1) is 0 Å². The molecule has 4 saturated heterocycles. The van der Waals surface area contributed by atoms with Crippen LogP contribution < -0.4 is 10.6 Å². The first-order chi connectivity index (χ1) is 16.1. The smallest absolute Gasteiger partial charge is 0.271 e. The predicted molar refractivity (Wildman–Crippen MR) is 132 cm³/mol. The molecule has 6 rings (SSSR count). The maximum Gasteiger partial charge on any atom is 0.271 e. The maximum atomic E-state index is 12.8. The van der Waals surface area contributed by atoms with Gasteiger partial charge in [-0.25, -0.2) is 0 Å². The van der Waals surface area contributed by atoms with Crippen LogP contribution in [0, 0.1) is 5.92 Å². The summed E-state index contributed by atoms with van der Waals surface area (Å²) in [5.41, 5.74) is 1.38. The molecule has 178 valence electrons. The SMILES string of the molecule is CC(C)N1CCC(N2CC3CCC2CN(C2C=CC=C(C(=O)Nc4ccncc4)N2)C3)CC1. The zero-order valence-corrected chi connectivity index (χ0v) is 20.0. The molecule has 5 aliphatic rings. The Hall–Kier alpha value is -2.22. The van der Waals surface area contributed by atoms with Crippen molar-refractivity contribution < 1.29 is 4.79 Å². The summed E-state index contributed by atoms with van der Waals surface area (Å²) in [6, 6.07) is 5.62. The lowest BCUT2D eigenvalue weighted by atomic mass is 9.90. The molecular weight excluding hydrogens is 412 g/mol. The van der Waals surface area contributed by atoms with Crippen LogP contribution in [0.3, 0.4) is 0 Å². The fraction of sp³-hybridized carbons (Fsp3) is 0.615. The lowest BCUT2D eigenvalue weighted by Crippen LogP contribution is -2.54. The van der Waals surface area contributed by atoms with Gasteiger partial charge >= 0.3 is 0 Å². The van der Waals surface area contributed by atoms with Crippen LogP contribution >= 0.6 is 0 Å². The van der Waals surface area contributed by atoms with Crippen molar-refractivity contribution in [1.29, 1.82) is 0 Å². The quantitative estimate of drug-likeness (QED) is 0.719. The number of piperidine rings is 2. The van der Waals surface area contributed by atoms with Gasteiger partial charge in [-0.05, 0) is 82.8 Å². The number of aromatic nitrogens is 1. The highest BCUT2D eigenvalue weighted by Crippen LogP contribution is 2.33. The zero-order chi connectivity index (χ0) is 22.8. The van der Waals surface area contributed by atoms with E-state index in [0.717, 1.165) is 24.8 Å². The summed E-state index contributed by atoms with van der Waals surface area (Å²) in [6.07, 6.45) is 14.7. The predicted octanol–water partition coefficient (Wildman–Crippen LogP) is 2.66. The molecule has 1 aromatic rings. The van der Waals surface area contributed by atoms with Crippen LogP contribution in [-0.4, -0.2) is 82.6 Å². The van der Waals surface area contributed by atoms with Crippen molar-refractivity contribution >= 4 is 11.6 Å². The van der Waals surface area contributed by atoms with E-state index in [2.05, 4.69) is 50.2 Å². The standard InChI is InChI=1S/C26H38N6O/c1-19(2)30-14-10-22(11-15-30)32-17-20-6-7-23(32)18-31(16-20)25-5-3-4-24(29-25)26(33)28-21-8-12-27-13-9-21/h3-5,8-9,12-13,19-20,22-23,25,29H,6-7,10-11,14-18H2,1-2H3,(H,27,28,33). The maximum absolute atomic E-state index is 12.8. The van der Waals surface area contributed by atoms with E-state index in [0.29, 0.717) is 23.7 Å². The number of carbonyl (C=O) groups is 1. The van der Waals surface area contributed by atoms with Crippen LogP contribution in [-0.2, 0) is 4.79 Å². The van der Waals surface area contributed by atoms with Crippen molar-refractivity contribution in [3.63, 3.8) is 0 Å². The number of carbonyl (C=O) groups excluding carboxylic acids is 1. The number of likely N-dealkylation sites (tertiary alicyclic amines) is 1. The molecule has 3 atom stereocenters. The average molecular weight is 451 g/mol. The molecule has 7 heteroatoms. The van der Waals surface area contributed by atoms with Crippen LogP contribution in [0.25, 0.3) is 0 Å². The Labute approximate surface area is 197 Å². The number of nitrogens with zero attached hydrogens (tertiary/aromatic N) is 4. The van der Waals surface area contributed by atoms with Gasteiger partial charge in [-0.1, -0.05) is 6.08 Å². The van der Waals surface area contributed by atoms with Crippen LogP contribution in [0.4, 0.5) is 5.69 Å². The Morgan fingerprint density at radius 2 is 1.85 bits per heavy atom. The Kier molecular flexibility index (Phi) is 6.81. The summed E-state index contributed by atoms with van der Waals surface area (Å²) >= 11 is 0. The van der Waals surface area contributed by atoms with Crippen molar-refractivity contribution in [2.24, 2.45) is 5.92 Å². The molecule has 0 aromatic carbocycles. The van der Waals surface area contributed by atoms with Crippen LogP contribution in [0.1, 0.15) is 39.5 Å². The Morgan fingerprint density at radius 3 is 2.61 bits per heavy atom. The van der Waals surface area contributed by atoms with E-state index >= 15 is 0 Å². The molecule has 7 nitrogen and oxygen atoms in total. The third-order valence-corrected chi connectivity index (χ3v) is 7.92. The summed E-state index contributed by atoms with van der Waals surface area (Å²) in [6.45, 7) is 10.5. The van der Waals surface area contributed by atoms with Gasteiger partial charge in [0.25, 0.3) is 5.91 Å². The van der Waals surface area contributed by atoms with Crippen molar-refractivity contribution in [1.82, 2.24) is 25.0 Å². The van der Waals surface area contributed by atoms with E-state index in [4.69, 9.17) is 0 Å². The van der Waals surface area contributed by atoms with Gasteiger partial charge in [0.15, 0.2) is 0 Å². The Balaban J connectivity index is 1.20. The topological polar surface area (TPSA) is 63.7 Å². The van der Waals surface area contributed by atoms with Crippen molar-refractivity contribution in [2.75, 3.05) is 38.0 Å². The zero-order valence-electron chi connectivity index (χ0n) is 20.0. The van der Waals surface area contributed by atoms with Crippen LogP contribution in [0.5, 0.6) is 0 Å². The monoisotopic (exact) mass is 450 g/mol. The molecular formula is C26H38N6O. The molecule has 4 fully saturated rings. The molecule has 6 heterocycles. The molecule has 1 aromatic heterocycles. The molecule has 2 N–H and O–H groups in total. The second-order valence-electron chi connectivity index (χ2n) is 10.4. The second-order valence-corrected chi connectivity index (χ2v) is 10.4.